The van der Waals surface area contributed by atoms with Crippen LogP contribution in [0.1, 0.15) is 28.8 Å². The summed E-state index contributed by atoms with van der Waals surface area (Å²) in [5.74, 6) is 0.217. The van der Waals surface area contributed by atoms with E-state index in [4.69, 9.17) is 9.94 Å². The van der Waals surface area contributed by atoms with Crippen molar-refractivity contribution in [1.29, 1.82) is 0 Å². The van der Waals surface area contributed by atoms with Crippen molar-refractivity contribution in [1.82, 2.24) is 5.32 Å². The van der Waals surface area contributed by atoms with Crippen LogP contribution < -0.4 is 5.32 Å². The minimum absolute atomic E-state index is 0.0431. The molecule has 1 unspecified atom stereocenters. The molecule has 88 valence electrons. The van der Waals surface area contributed by atoms with Crippen LogP contribution in [0.25, 0.3) is 0 Å². The van der Waals surface area contributed by atoms with E-state index in [-0.39, 0.29) is 11.8 Å². The minimum Gasteiger partial charge on any atom is -0.478 e. The van der Waals surface area contributed by atoms with Gasteiger partial charge in [-0.1, -0.05) is 17.3 Å². The molecule has 1 heterocycles. The van der Waals surface area contributed by atoms with E-state index < -0.39 is 5.97 Å². The van der Waals surface area contributed by atoms with Gasteiger partial charge < -0.3 is 15.3 Å². The Morgan fingerprint density at radius 2 is 2.29 bits per heavy atom. The van der Waals surface area contributed by atoms with Gasteiger partial charge in [0, 0.05) is 11.5 Å². The fraction of sp³-hybridized carbons (Fsp3) is 0.333. The van der Waals surface area contributed by atoms with E-state index in [1.165, 1.54) is 0 Å². The molecular formula is C12H12N2O3. The third kappa shape index (κ3) is 1.95. The predicted molar refractivity (Wildman–Crippen MR) is 60.7 cm³/mol. The summed E-state index contributed by atoms with van der Waals surface area (Å²) in [6.07, 6.45) is 2.28. The van der Waals surface area contributed by atoms with Crippen LogP contribution in [0, 0.1) is 5.92 Å². The number of nitrogens with one attached hydrogen (secondary N) is 1. The first kappa shape index (κ1) is 10.1. The Morgan fingerprint density at radius 3 is 3.00 bits per heavy atom. The SMILES string of the molecule is O=C(O)c1cccc(C2=NOC(C3CC3)N2)c1. The van der Waals surface area contributed by atoms with Gasteiger partial charge in [0.15, 0.2) is 5.84 Å². The van der Waals surface area contributed by atoms with Crippen LogP contribution in [-0.2, 0) is 4.84 Å². The lowest BCUT2D eigenvalue weighted by Gasteiger charge is -2.07. The van der Waals surface area contributed by atoms with Gasteiger partial charge in [0.25, 0.3) is 0 Å². The van der Waals surface area contributed by atoms with E-state index in [1.807, 2.05) is 6.07 Å². The van der Waals surface area contributed by atoms with Gasteiger partial charge in [0.2, 0.25) is 6.23 Å². The lowest BCUT2D eigenvalue weighted by atomic mass is 10.1. The molecule has 0 amide bonds. The first-order valence-corrected chi connectivity index (χ1v) is 5.58. The van der Waals surface area contributed by atoms with E-state index in [0.717, 1.165) is 18.4 Å². The molecule has 1 aliphatic carbocycles. The Kier molecular flexibility index (Phi) is 2.24. The first-order valence-electron chi connectivity index (χ1n) is 5.58. The van der Waals surface area contributed by atoms with Gasteiger partial charge in [-0.25, -0.2) is 4.79 Å². The number of amidine groups is 1. The fourth-order valence-corrected chi connectivity index (χ4v) is 1.84. The zero-order valence-electron chi connectivity index (χ0n) is 9.09. The Labute approximate surface area is 98.1 Å². The average Bonchev–Trinajstić information content (AvgIpc) is 3.07. The maximum Gasteiger partial charge on any atom is 0.335 e. The van der Waals surface area contributed by atoms with Crippen LogP contribution >= 0.6 is 0 Å². The molecule has 17 heavy (non-hydrogen) atoms. The minimum atomic E-state index is -0.940. The molecule has 1 aromatic rings. The van der Waals surface area contributed by atoms with Gasteiger partial charge in [-0.05, 0) is 25.0 Å². The molecule has 2 aliphatic rings. The van der Waals surface area contributed by atoms with Gasteiger partial charge >= 0.3 is 5.97 Å². The summed E-state index contributed by atoms with van der Waals surface area (Å²) >= 11 is 0. The second kappa shape index (κ2) is 3.76. The maximum atomic E-state index is 10.9. The van der Waals surface area contributed by atoms with E-state index in [0.29, 0.717) is 11.8 Å². The van der Waals surface area contributed by atoms with Crippen LogP contribution in [0.4, 0.5) is 0 Å². The highest BCUT2D eigenvalue weighted by atomic mass is 16.7. The van der Waals surface area contributed by atoms with Crippen LogP contribution in [0.3, 0.4) is 0 Å². The van der Waals surface area contributed by atoms with Crippen molar-refractivity contribution in [3.05, 3.63) is 35.4 Å². The number of nitrogens with zero attached hydrogens (tertiary/aromatic N) is 1. The summed E-state index contributed by atoms with van der Waals surface area (Å²) in [5, 5.41) is 16.0. The molecule has 1 atom stereocenters. The number of hydrogen-bond donors (Lipinski definition) is 2. The molecule has 3 rings (SSSR count). The van der Waals surface area contributed by atoms with Crippen molar-refractivity contribution >= 4 is 11.8 Å². The zero-order chi connectivity index (χ0) is 11.8. The Balaban J connectivity index is 1.80. The van der Waals surface area contributed by atoms with Gasteiger partial charge in [0.05, 0.1) is 5.56 Å². The lowest BCUT2D eigenvalue weighted by molar-refractivity contribution is 0.0567. The molecule has 1 saturated carbocycles. The number of carbonyl (C=O) groups is 1. The van der Waals surface area contributed by atoms with Crippen molar-refractivity contribution < 1.29 is 14.7 Å². The third-order valence-corrected chi connectivity index (χ3v) is 2.97. The summed E-state index contributed by atoms with van der Waals surface area (Å²) in [6, 6.07) is 6.66. The van der Waals surface area contributed by atoms with E-state index in [1.54, 1.807) is 18.2 Å². The van der Waals surface area contributed by atoms with Crippen molar-refractivity contribution in [2.45, 2.75) is 19.1 Å². The number of carboxylic acids is 1. The number of carboxylic acid groups (broad SMARTS) is 1. The zero-order valence-corrected chi connectivity index (χ0v) is 9.09. The number of rotatable bonds is 3. The number of aromatic carboxylic acids is 1. The molecule has 1 aromatic carbocycles. The highest BCUT2D eigenvalue weighted by Crippen LogP contribution is 2.34. The van der Waals surface area contributed by atoms with Crippen LogP contribution in [-0.4, -0.2) is 23.1 Å². The Bertz CT molecular complexity index is 494. The normalized spacial score (nSPS) is 22.6. The molecular weight excluding hydrogens is 220 g/mol. The van der Waals surface area contributed by atoms with Crippen molar-refractivity contribution in [2.24, 2.45) is 11.1 Å². The molecule has 2 N–H and O–H groups in total. The molecule has 0 spiro atoms. The van der Waals surface area contributed by atoms with Crippen molar-refractivity contribution in [2.75, 3.05) is 0 Å². The second-order valence-corrected chi connectivity index (χ2v) is 4.33. The van der Waals surface area contributed by atoms with E-state index in [2.05, 4.69) is 10.5 Å². The van der Waals surface area contributed by atoms with Gasteiger partial charge in [-0.15, -0.1) is 0 Å². The van der Waals surface area contributed by atoms with E-state index >= 15 is 0 Å². The highest BCUT2D eigenvalue weighted by Gasteiger charge is 2.36. The second-order valence-electron chi connectivity index (χ2n) is 4.33. The molecule has 5 heteroatoms. The summed E-state index contributed by atoms with van der Waals surface area (Å²) < 4.78 is 0. The fourth-order valence-electron chi connectivity index (χ4n) is 1.84. The van der Waals surface area contributed by atoms with Crippen LogP contribution in [0.5, 0.6) is 0 Å². The highest BCUT2D eigenvalue weighted by molar-refractivity contribution is 6.01. The average molecular weight is 232 g/mol. The summed E-state index contributed by atoms with van der Waals surface area (Å²) in [7, 11) is 0. The summed E-state index contributed by atoms with van der Waals surface area (Å²) in [4.78, 5) is 16.1. The molecule has 5 nitrogen and oxygen atoms in total. The Hall–Kier alpha value is -2.04. The smallest absolute Gasteiger partial charge is 0.335 e. The lowest BCUT2D eigenvalue weighted by Crippen LogP contribution is -2.31. The molecule has 0 radical (unpaired) electrons. The summed E-state index contributed by atoms with van der Waals surface area (Å²) in [5.41, 5.74) is 0.995. The summed E-state index contributed by atoms with van der Waals surface area (Å²) in [6.45, 7) is 0. The van der Waals surface area contributed by atoms with E-state index in [9.17, 15) is 4.79 Å². The predicted octanol–water partition coefficient (Wildman–Crippen LogP) is 1.40. The molecule has 1 fully saturated rings. The molecule has 0 bridgehead atoms. The van der Waals surface area contributed by atoms with Gasteiger partial charge in [0.1, 0.15) is 0 Å². The maximum absolute atomic E-state index is 10.9. The largest absolute Gasteiger partial charge is 0.478 e. The van der Waals surface area contributed by atoms with Crippen LogP contribution in [0.2, 0.25) is 0 Å². The first-order chi connectivity index (χ1) is 8.24. The van der Waals surface area contributed by atoms with Gasteiger partial charge in [-0.2, -0.15) is 0 Å². The monoisotopic (exact) mass is 232 g/mol. The molecule has 0 aromatic heterocycles. The van der Waals surface area contributed by atoms with Crippen molar-refractivity contribution in [3.8, 4) is 0 Å². The molecule has 0 saturated heterocycles. The van der Waals surface area contributed by atoms with Crippen molar-refractivity contribution in [3.63, 3.8) is 0 Å². The third-order valence-electron chi connectivity index (χ3n) is 2.97. The standard InChI is InChI=1S/C12H12N2O3/c15-12(16)9-3-1-2-8(6-9)10-13-11(17-14-10)7-4-5-7/h1-3,6-7,11H,4-5H2,(H,13,14)(H,15,16). The number of benzene rings is 1. The topological polar surface area (TPSA) is 70.9 Å². The molecule has 1 aliphatic heterocycles. The Morgan fingerprint density at radius 1 is 1.47 bits per heavy atom. The number of oxime groups is 1. The van der Waals surface area contributed by atoms with Crippen LogP contribution in [0.15, 0.2) is 29.4 Å². The number of hydrogen-bond acceptors (Lipinski definition) is 4. The quantitative estimate of drug-likeness (QED) is 0.826. The van der Waals surface area contributed by atoms with Gasteiger partial charge in [-0.3, -0.25) is 0 Å².